The molecule has 0 spiro atoms. The van der Waals surface area contributed by atoms with Crippen molar-refractivity contribution in [2.45, 2.75) is 44.0 Å². The zero-order valence-electron chi connectivity index (χ0n) is 10.1. The van der Waals surface area contributed by atoms with Gasteiger partial charge in [0.1, 0.15) is 0 Å². The predicted octanol–water partition coefficient (Wildman–Crippen LogP) is 1.37. The summed E-state index contributed by atoms with van der Waals surface area (Å²) in [5.41, 5.74) is 0. The van der Waals surface area contributed by atoms with E-state index in [9.17, 15) is 13.2 Å². The van der Waals surface area contributed by atoms with E-state index in [1.165, 1.54) is 25.7 Å². The molecule has 3 nitrogen and oxygen atoms in total. The number of nitrogens with zero attached hydrogens (tertiary/aromatic N) is 1. The first-order chi connectivity index (χ1) is 7.91. The van der Waals surface area contributed by atoms with E-state index in [-0.39, 0.29) is 0 Å². The van der Waals surface area contributed by atoms with E-state index in [0.717, 1.165) is 6.54 Å². The molecule has 2 N–H and O–H groups in total. The highest BCUT2D eigenvalue weighted by Crippen LogP contribution is 2.22. The van der Waals surface area contributed by atoms with Gasteiger partial charge < -0.3 is 15.3 Å². The first-order valence-corrected chi connectivity index (χ1v) is 6.07. The molecule has 1 aliphatic carbocycles. The number of hydrogen-bond acceptors (Lipinski definition) is 3. The molecule has 0 amide bonds. The van der Waals surface area contributed by atoms with Crippen molar-refractivity contribution in [3.05, 3.63) is 0 Å². The van der Waals surface area contributed by atoms with Gasteiger partial charge in [-0.05, 0) is 19.9 Å². The second kappa shape index (κ2) is 6.56. The highest BCUT2D eigenvalue weighted by Gasteiger charge is 2.37. The fourth-order valence-corrected chi connectivity index (χ4v) is 2.14. The van der Waals surface area contributed by atoms with Gasteiger partial charge in [0.2, 0.25) is 0 Å². The third-order valence-electron chi connectivity index (χ3n) is 3.30. The van der Waals surface area contributed by atoms with Crippen molar-refractivity contribution >= 4 is 0 Å². The van der Waals surface area contributed by atoms with Crippen LogP contribution in [-0.4, -0.2) is 55.0 Å². The van der Waals surface area contributed by atoms with Gasteiger partial charge in [-0.3, -0.25) is 0 Å². The Morgan fingerprint density at radius 2 is 1.94 bits per heavy atom. The number of rotatable bonds is 6. The minimum absolute atomic E-state index is 0.429. The van der Waals surface area contributed by atoms with Crippen molar-refractivity contribution in [2.75, 3.05) is 26.7 Å². The summed E-state index contributed by atoms with van der Waals surface area (Å²) in [6, 6.07) is 0.573. The maximum Gasteiger partial charge on any atom is 0.415 e. The van der Waals surface area contributed by atoms with E-state index in [0.29, 0.717) is 12.6 Å². The van der Waals surface area contributed by atoms with Crippen molar-refractivity contribution < 1.29 is 18.3 Å². The summed E-state index contributed by atoms with van der Waals surface area (Å²) in [5, 5.41) is 11.4. The minimum Gasteiger partial charge on any atom is -0.382 e. The number of likely N-dealkylation sites (N-methyl/N-ethyl adjacent to an activating group) is 1. The lowest BCUT2D eigenvalue weighted by Gasteiger charge is -2.24. The standard InChI is InChI=1S/C11H21F3N2O/c1-16(9-4-2-3-5-9)7-6-15-8-10(17)11(12,13)14/h9-10,15,17H,2-8H2,1H3. The molecule has 0 saturated heterocycles. The molecule has 17 heavy (non-hydrogen) atoms. The van der Waals surface area contributed by atoms with Gasteiger partial charge in [0.25, 0.3) is 0 Å². The number of halogens is 3. The van der Waals surface area contributed by atoms with Gasteiger partial charge in [-0.15, -0.1) is 0 Å². The van der Waals surface area contributed by atoms with E-state index in [4.69, 9.17) is 5.11 Å². The number of aliphatic hydroxyl groups excluding tert-OH is 1. The molecule has 0 aromatic rings. The molecule has 1 aliphatic rings. The predicted molar refractivity (Wildman–Crippen MR) is 59.8 cm³/mol. The Morgan fingerprint density at radius 3 is 2.47 bits per heavy atom. The molecule has 1 atom stereocenters. The number of nitrogens with one attached hydrogen (secondary N) is 1. The van der Waals surface area contributed by atoms with E-state index in [1.54, 1.807) is 0 Å². The lowest BCUT2D eigenvalue weighted by Crippen LogP contribution is -2.41. The molecule has 1 saturated carbocycles. The Labute approximate surface area is 100.0 Å². The van der Waals surface area contributed by atoms with Gasteiger partial charge >= 0.3 is 6.18 Å². The highest BCUT2D eigenvalue weighted by atomic mass is 19.4. The fraction of sp³-hybridized carbons (Fsp3) is 1.00. The second-order valence-electron chi connectivity index (χ2n) is 4.68. The molecule has 102 valence electrons. The van der Waals surface area contributed by atoms with Crippen LogP contribution < -0.4 is 5.32 Å². The van der Waals surface area contributed by atoms with Crippen LogP contribution in [0.5, 0.6) is 0 Å². The zero-order valence-corrected chi connectivity index (χ0v) is 10.1. The lowest BCUT2D eigenvalue weighted by molar-refractivity contribution is -0.201. The number of hydrogen-bond donors (Lipinski definition) is 2. The Hall–Kier alpha value is -0.330. The second-order valence-corrected chi connectivity index (χ2v) is 4.68. The molecule has 1 unspecified atom stereocenters. The molecule has 1 rings (SSSR count). The first kappa shape index (κ1) is 14.7. The molecule has 6 heteroatoms. The third-order valence-corrected chi connectivity index (χ3v) is 3.30. The van der Waals surface area contributed by atoms with Crippen LogP contribution >= 0.6 is 0 Å². The summed E-state index contributed by atoms with van der Waals surface area (Å²) in [6.07, 6.45) is -1.93. The number of aliphatic hydroxyl groups is 1. The summed E-state index contributed by atoms with van der Waals surface area (Å²) < 4.78 is 35.9. The Kier molecular flexibility index (Phi) is 5.69. The Balaban J connectivity index is 2.07. The van der Waals surface area contributed by atoms with E-state index in [1.807, 2.05) is 7.05 Å². The van der Waals surface area contributed by atoms with E-state index >= 15 is 0 Å². The summed E-state index contributed by atoms with van der Waals surface area (Å²) in [7, 11) is 2.00. The van der Waals surface area contributed by atoms with Gasteiger partial charge in [-0.1, -0.05) is 12.8 Å². The van der Waals surface area contributed by atoms with Crippen molar-refractivity contribution in [1.82, 2.24) is 10.2 Å². The van der Waals surface area contributed by atoms with Gasteiger partial charge in [-0.25, -0.2) is 0 Å². The largest absolute Gasteiger partial charge is 0.415 e. The lowest BCUT2D eigenvalue weighted by atomic mass is 10.2. The van der Waals surface area contributed by atoms with Crippen molar-refractivity contribution in [1.29, 1.82) is 0 Å². The Bertz CT molecular complexity index is 217. The molecule has 0 aliphatic heterocycles. The summed E-state index contributed by atoms with van der Waals surface area (Å²) >= 11 is 0. The highest BCUT2D eigenvalue weighted by molar-refractivity contribution is 4.76. The molecule has 1 fully saturated rings. The summed E-state index contributed by atoms with van der Waals surface area (Å²) in [6.45, 7) is 0.761. The Morgan fingerprint density at radius 1 is 1.35 bits per heavy atom. The van der Waals surface area contributed by atoms with Gasteiger partial charge in [0.15, 0.2) is 6.10 Å². The average Bonchev–Trinajstić information content (AvgIpc) is 2.75. The monoisotopic (exact) mass is 254 g/mol. The zero-order chi connectivity index (χ0) is 12.9. The van der Waals surface area contributed by atoms with E-state index < -0.39 is 18.8 Å². The van der Waals surface area contributed by atoms with Crippen LogP contribution in [0.15, 0.2) is 0 Å². The normalized spacial score (nSPS) is 20.1. The van der Waals surface area contributed by atoms with Gasteiger partial charge in [0, 0.05) is 25.7 Å². The van der Waals surface area contributed by atoms with Crippen LogP contribution in [0.2, 0.25) is 0 Å². The summed E-state index contributed by atoms with van der Waals surface area (Å²) in [5.74, 6) is 0. The van der Waals surface area contributed by atoms with Gasteiger partial charge in [0.05, 0.1) is 0 Å². The fourth-order valence-electron chi connectivity index (χ4n) is 2.14. The molecule has 0 radical (unpaired) electrons. The smallest absolute Gasteiger partial charge is 0.382 e. The molecule has 0 aromatic carbocycles. The maximum absolute atomic E-state index is 12.0. The molecule has 0 bridgehead atoms. The number of alkyl halides is 3. The summed E-state index contributed by atoms with van der Waals surface area (Å²) in [4.78, 5) is 2.18. The van der Waals surface area contributed by atoms with Crippen LogP contribution in [0.3, 0.4) is 0 Å². The van der Waals surface area contributed by atoms with Crippen LogP contribution in [0.4, 0.5) is 13.2 Å². The van der Waals surface area contributed by atoms with Crippen molar-refractivity contribution in [3.8, 4) is 0 Å². The maximum atomic E-state index is 12.0. The first-order valence-electron chi connectivity index (χ1n) is 6.07. The molecule has 0 aromatic heterocycles. The average molecular weight is 254 g/mol. The molecular formula is C11H21F3N2O. The van der Waals surface area contributed by atoms with Gasteiger partial charge in [-0.2, -0.15) is 13.2 Å². The van der Waals surface area contributed by atoms with Crippen molar-refractivity contribution in [2.24, 2.45) is 0 Å². The van der Waals surface area contributed by atoms with Crippen LogP contribution in [0, 0.1) is 0 Å². The topological polar surface area (TPSA) is 35.5 Å². The van der Waals surface area contributed by atoms with Crippen LogP contribution in [-0.2, 0) is 0 Å². The molecule has 0 heterocycles. The minimum atomic E-state index is -4.52. The van der Waals surface area contributed by atoms with E-state index in [2.05, 4.69) is 10.2 Å². The molecular weight excluding hydrogens is 233 g/mol. The van der Waals surface area contributed by atoms with Crippen molar-refractivity contribution in [3.63, 3.8) is 0 Å². The SMILES string of the molecule is CN(CCNCC(O)C(F)(F)F)C1CCCC1. The van der Waals surface area contributed by atoms with Crippen LogP contribution in [0.1, 0.15) is 25.7 Å². The van der Waals surface area contributed by atoms with Crippen LogP contribution in [0.25, 0.3) is 0 Å². The quantitative estimate of drug-likeness (QED) is 0.703. The third kappa shape index (κ3) is 5.23.